The number of nitrogens with one attached hydrogen (secondary N) is 1. The monoisotopic (exact) mass is 325 g/mol. The topological polar surface area (TPSA) is 18.5 Å². The summed E-state index contributed by atoms with van der Waals surface area (Å²) in [6, 6.07) is 11.4. The van der Waals surface area contributed by atoms with E-state index in [2.05, 4.69) is 73.3 Å². The lowest BCUT2D eigenvalue weighted by molar-refractivity contribution is 0.109. The van der Waals surface area contributed by atoms with Crippen LogP contribution in [0.2, 0.25) is 0 Å². The SMILES string of the molecule is C[C@H]1CN(CC(C)(C)CN(C)Cc2ccccc2)CCN1.Cl. The van der Waals surface area contributed by atoms with E-state index in [-0.39, 0.29) is 12.4 Å². The van der Waals surface area contributed by atoms with Crippen LogP contribution in [0.3, 0.4) is 0 Å². The molecular weight excluding hydrogens is 294 g/mol. The average molecular weight is 326 g/mol. The highest BCUT2D eigenvalue weighted by molar-refractivity contribution is 5.85. The molecule has 1 aliphatic heterocycles. The molecule has 1 saturated heterocycles. The molecule has 1 N–H and O–H groups in total. The van der Waals surface area contributed by atoms with Crippen molar-refractivity contribution in [1.82, 2.24) is 15.1 Å². The number of benzene rings is 1. The molecule has 1 aromatic carbocycles. The summed E-state index contributed by atoms with van der Waals surface area (Å²) >= 11 is 0. The standard InChI is InChI=1S/C18H31N3.ClH/c1-16-12-21(11-10-19-16)15-18(2,3)14-20(4)13-17-8-6-5-7-9-17;/h5-9,16,19H,10-15H2,1-4H3;1H/t16-;/m0./s1. The summed E-state index contributed by atoms with van der Waals surface area (Å²) in [5, 5.41) is 3.52. The minimum atomic E-state index is 0. The highest BCUT2D eigenvalue weighted by atomic mass is 35.5. The van der Waals surface area contributed by atoms with Crippen LogP contribution in [0.15, 0.2) is 30.3 Å². The predicted octanol–water partition coefficient (Wildman–Crippen LogP) is 2.86. The van der Waals surface area contributed by atoms with Gasteiger partial charge in [-0.1, -0.05) is 44.2 Å². The normalized spacial score (nSPS) is 20.0. The van der Waals surface area contributed by atoms with Crippen molar-refractivity contribution in [3.63, 3.8) is 0 Å². The Bertz CT molecular complexity index is 422. The minimum Gasteiger partial charge on any atom is -0.312 e. The van der Waals surface area contributed by atoms with Gasteiger partial charge in [-0.05, 0) is 24.9 Å². The van der Waals surface area contributed by atoms with Crippen LogP contribution in [0.25, 0.3) is 0 Å². The van der Waals surface area contributed by atoms with E-state index >= 15 is 0 Å². The Morgan fingerprint density at radius 2 is 1.95 bits per heavy atom. The summed E-state index contributed by atoms with van der Waals surface area (Å²) in [4.78, 5) is 5.05. The number of rotatable bonds is 6. The van der Waals surface area contributed by atoms with E-state index in [1.54, 1.807) is 0 Å². The van der Waals surface area contributed by atoms with Crippen molar-refractivity contribution in [3.8, 4) is 0 Å². The molecular formula is C18H32ClN3. The predicted molar refractivity (Wildman–Crippen MR) is 97.7 cm³/mol. The molecule has 3 nitrogen and oxygen atoms in total. The van der Waals surface area contributed by atoms with E-state index in [0.29, 0.717) is 11.5 Å². The van der Waals surface area contributed by atoms with Crippen LogP contribution < -0.4 is 5.32 Å². The molecule has 126 valence electrons. The van der Waals surface area contributed by atoms with Gasteiger partial charge in [0.1, 0.15) is 0 Å². The number of hydrogen-bond acceptors (Lipinski definition) is 3. The zero-order valence-corrected chi connectivity index (χ0v) is 15.3. The molecule has 4 heteroatoms. The maximum absolute atomic E-state index is 3.52. The molecule has 2 rings (SSSR count). The Kier molecular flexibility index (Phi) is 7.84. The first-order valence-electron chi connectivity index (χ1n) is 8.13. The lowest BCUT2D eigenvalue weighted by atomic mass is 9.91. The fourth-order valence-corrected chi connectivity index (χ4v) is 3.49. The van der Waals surface area contributed by atoms with Gasteiger partial charge in [-0.15, -0.1) is 12.4 Å². The second-order valence-electron chi connectivity index (χ2n) is 7.41. The zero-order valence-electron chi connectivity index (χ0n) is 14.5. The van der Waals surface area contributed by atoms with Gasteiger partial charge >= 0.3 is 0 Å². The van der Waals surface area contributed by atoms with Crippen LogP contribution in [0.1, 0.15) is 26.3 Å². The van der Waals surface area contributed by atoms with E-state index in [4.69, 9.17) is 0 Å². The fourth-order valence-electron chi connectivity index (χ4n) is 3.49. The molecule has 0 unspecified atom stereocenters. The van der Waals surface area contributed by atoms with Crippen molar-refractivity contribution in [2.45, 2.75) is 33.4 Å². The Balaban J connectivity index is 0.00000242. The molecule has 1 atom stereocenters. The van der Waals surface area contributed by atoms with E-state index in [1.165, 1.54) is 25.2 Å². The third-order valence-corrected chi connectivity index (χ3v) is 4.10. The summed E-state index contributed by atoms with van der Waals surface area (Å²) in [7, 11) is 2.23. The number of piperazine rings is 1. The maximum Gasteiger partial charge on any atom is 0.0230 e. The summed E-state index contributed by atoms with van der Waals surface area (Å²) in [6.45, 7) is 13.9. The highest BCUT2D eigenvalue weighted by Gasteiger charge is 2.26. The average Bonchev–Trinajstić information content (AvgIpc) is 2.38. The van der Waals surface area contributed by atoms with E-state index in [1.807, 2.05) is 0 Å². The van der Waals surface area contributed by atoms with Crippen molar-refractivity contribution in [1.29, 1.82) is 0 Å². The fraction of sp³-hybridized carbons (Fsp3) is 0.667. The Hall–Kier alpha value is -0.610. The zero-order chi connectivity index (χ0) is 15.3. The Morgan fingerprint density at radius 1 is 1.27 bits per heavy atom. The van der Waals surface area contributed by atoms with Crippen LogP contribution in [-0.2, 0) is 6.54 Å². The molecule has 0 aromatic heterocycles. The molecule has 1 heterocycles. The van der Waals surface area contributed by atoms with Crippen molar-refractivity contribution < 1.29 is 0 Å². The molecule has 0 amide bonds. The van der Waals surface area contributed by atoms with E-state index in [0.717, 1.165) is 19.6 Å². The quantitative estimate of drug-likeness (QED) is 0.867. The molecule has 0 bridgehead atoms. The molecule has 22 heavy (non-hydrogen) atoms. The molecule has 1 aliphatic rings. The molecule has 0 radical (unpaired) electrons. The van der Waals surface area contributed by atoms with Crippen LogP contribution in [-0.4, -0.2) is 55.6 Å². The number of halogens is 1. The summed E-state index contributed by atoms with van der Waals surface area (Å²) < 4.78 is 0. The van der Waals surface area contributed by atoms with Crippen LogP contribution >= 0.6 is 12.4 Å². The third kappa shape index (κ3) is 6.66. The van der Waals surface area contributed by atoms with E-state index < -0.39 is 0 Å². The lowest BCUT2D eigenvalue weighted by Gasteiger charge is -2.39. The molecule has 0 spiro atoms. The van der Waals surface area contributed by atoms with Gasteiger partial charge in [0.05, 0.1) is 0 Å². The summed E-state index contributed by atoms with van der Waals surface area (Å²) in [5.41, 5.74) is 1.72. The van der Waals surface area contributed by atoms with Crippen LogP contribution in [0, 0.1) is 5.41 Å². The van der Waals surface area contributed by atoms with Crippen molar-refractivity contribution >= 4 is 12.4 Å². The van der Waals surface area contributed by atoms with Crippen molar-refractivity contribution in [2.75, 3.05) is 39.8 Å². The Labute approximate surface area is 142 Å². The smallest absolute Gasteiger partial charge is 0.0230 e. The molecule has 0 aliphatic carbocycles. The van der Waals surface area contributed by atoms with Crippen LogP contribution in [0.4, 0.5) is 0 Å². The highest BCUT2D eigenvalue weighted by Crippen LogP contribution is 2.20. The van der Waals surface area contributed by atoms with Crippen molar-refractivity contribution in [3.05, 3.63) is 35.9 Å². The number of nitrogens with zero attached hydrogens (tertiary/aromatic N) is 2. The van der Waals surface area contributed by atoms with Crippen molar-refractivity contribution in [2.24, 2.45) is 5.41 Å². The van der Waals surface area contributed by atoms with Gasteiger partial charge in [0.15, 0.2) is 0 Å². The van der Waals surface area contributed by atoms with Gasteiger partial charge in [-0.3, -0.25) is 4.90 Å². The van der Waals surface area contributed by atoms with Gasteiger partial charge in [0.2, 0.25) is 0 Å². The van der Waals surface area contributed by atoms with Crippen LogP contribution in [0.5, 0.6) is 0 Å². The van der Waals surface area contributed by atoms with E-state index in [9.17, 15) is 0 Å². The largest absolute Gasteiger partial charge is 0.312 e. The van der Waals surface area contributed by atoms with Gasteiger partial charge in [-0.2, -0.15) is 0 Å². The molecule has 1 fully saturated rings. The van der Waals surface area contributed by atoms with Gasteiger partial charge < -0.3 is 10.2 Å². The minimum absolute atomic E-state index is 0. The number of hydrogen-bond donors (Lipinski definition) is 1. The first-order chi connectivity index (χ1) is 9.94. The lowest BCUT2D eigenvalue weighted by Crippen LogP contribution is -2.52. The maximum atomic E-state index is 3.52. The first-order valence-corrected chi connectivity index (χ1v) is 8.13. The second kappa shape index (κ2) is 8.88. The second-order valence-corrected chi connectivity index (χ2v) is 7.41. The Morgan fingerprint density at radius 3 is 2.59 bits per heavy atom. The first kappa shape index (κ1) is 19.4. The van der Waals surface area contributed by atoms with Gasteiger partial charge in [0, 0.05) is 45.3 Å². The summed E-state index contributed by atoms with van der Waals surface area (Å²) in [6.07, 6.45) is 0. The molecule has 1 aromatic rings. The van der Waals surface area contributed by atoms with Gasteiger partial charge in [0.25, 0.3) is 0 Å². The summed E-state index contributed by atoms with van der Waals surface area (Å²) in [5.74, 6) is 0. The van der Waals surface area contributed by atoms with Gasteiger partial charge in [-0.25, -0.2) is 0 Å². The third-order valence-electron chi connectivity index (χ3n) is 4.10. The molecule has 0 saturated carbocycles.